The minimum Gasteiger partial charge on any atom is -0.494 e. The minimum atomic E-state index is -1.32. The van der Waals surface area contributed by atoms with Gasteiger partial charge >= 0.3 is 35.3 Å². The predicted octanol–water partition coefficient (Wildman–Crippen LogP) is 5.72. The fourth-order valence-corrected chi connectivity index (χ4v) is 3.85. The smallest absolute Gasteiger partial charge is 0.416 e. The number of nitrogens with zero attached hydrogens (tertiary/aromatic N) is 3. The van der Waals surface area contributed by atoms with Gasteiger partial charge in [-0.3, -0.25) is 10.1 Å². The van der Waals surface area contributed by atoms with E-state index in [1.54, 1.807) is 0 Å². The summed E-state index contributed by atoms with van der Waals surface area (Å²) in [5, 5.41) is 11.5. The van der Waals surface area contributed by atoms with Gasteiger partial charge in [0.15, 0.2) is 0 Å². The second kappa shape index (κ2) is 15.4. The number of benzene rings is 4. The molecule has 0 aliphatic carbocycles. The Kier molecular flexibility index (Phi) is 10.9. The molecule has 0 aromatic heterocycles. The summed E-state index contributed by atoms with van der Waals surface area (Å²) in [5.74, 6) is -4.11. The van der Waals surface area contributed by atoms with Crippen LogP contribution < -0.4 is 10.5 Å². The van der Waals surface area contributed by atoms with Crippen LogP contribution in [0.15, 0.2) is 91.0 Å². The number of non-ortho nitro benzene ring substituents is 1. The number of unbranched alkanes of at least 4 members (excludes halogenated alkanes) is 1. The standard InChI is InChI=1S/C32H25N4O12/c1-2-3-16-45-28-14-8-20(9-15-28)29(37)46-30(38)23-17-26(34(41)42)19-27(18-23)36(44)48-32(40)22-6-12-25(13-7-22)35(43)47-31(39)21-4-10-24(33)11-5-21/h4-15,17-19H,2-3,16H2,1H3,(H-,33,39)/q+1/p+1. The number of hydrogen-bond acceptors (Lipinski definition) is 13. The first-order valence-corrected chi connectivity index (χ1v) is 14.1. The Hall–Kier alpha value is -6.84. The van der Waals surface area contributed by atoms with Crippen LogP contribution >= 0.6 is 0 Å². The third kappa shape index (κ3) is 8.87. The van der Waals surface area contributed by atoms with Gasteiger partial charge in [-0.05, 0) is 67.1 Å². The quantitative estimate of drug-likeness (QED) is 0.0455. The SMILES string of the molecule is CCCCOc1ccc(C(=O)OC(=O)c2cc([N+](=O)[O-])cc([N+](=O)OC(=O)c3ccc([N+](=O)OC(=O)c4ccc(N)cc4)cc3)c2)cc1. The van der Waals surface area contributed by atoms with Crippen molar-refractivity contribution in [2.45, 2.75) is 19.8 Å². The molecule has 0 unspecified atom stereocenters. The fraction of sp³-hybridized carbons (Fsp3) is 0.125. The van der Waals surface area contributed by atoms with Crippen LogP contribution in [0.2, 0.25) is 0 Å². The van der Waals surface area contributed by atoms with Gasteiger partial charge in [-0.15, -0.1) is 9.68 Å². The van der Waals surface area contributed by atoms with E-state index in [1.807, 2.05) is 6.92 Å². The number of rotatable bonds is 13. The van der Waals surface area contributed by atoms with Crippen LogP contribution in [-0.4, -0.2) is 45.3 Å². The van der Waals surface area contributed by atoms with E-state index in [-0.39, 0.29) is 32.2 Å². The highest BCUT2D eigenvalue weighted by Gasteiger charge is 2.30. The number of nitrogen functional groups attached to an aromatic ring is 1. The summed E-state index contributed by atoms with van der Waals surface area (Å²) in [7, 11) is 0. The van der Waals surface area contributed by atoms with Crippen LogP contribution in [0.3, 0.4) is 0 Å². The maximum absolute atomic E-state index is 12.7. The summed E-state index contributed by atoms with van der Waals surface area (Å²) < 4.78 is 10.3. The van der Waals surface area contributed by atoms with E-state index in [4.69, 9.17) is 24.9 Å². The molecule has 0 heterocycles. The molecule has 0 bridgehead atoms. The van der Waals surface area contributed by atoms with Crippen molar-refractivity contribution in [1.29, 1.82) is 0 Å². The second-order valence-electron chi connectivity index (χ2n) is 9.84. The van der Waals surface area contributed by atoms with Gasteiger partial charge < -0.3 is 15.2 Å². The number of nitrogens with two attached hydrogens (primary N) is 1. The molecule has 0 saturated carbocycles. The number of hydrogen-bond donors (Lipinski definition) is 1. The third-order valence-corrected chi connectivity index (χ3v) is 6.39. The van der Waals surface area contributed by atoms with E-state index in [0.717, 1.165) is 55.3 Å². The van der Waals surface area contributed by atoms with Gasteiger partial charge in [0.25, 0.3) is 15.5 Å². The maximum Gasteiger partial charge on any atom is 0.416 e. The van der Waals surface area contributed by atoms with Gasteiger partial charge in [-0.2, -0.15) is 0 Å². The lowest BCUT2D eigenvalue weighted by Gasteiger charge is -2.06. The van der Waals surface area contributed by atoms with E-state index in [0.29, 0.717) is 18.0 Å². The van der Waals surface area contributed by atoms with E-state index in [1.165, 1.54) is 48.5 Å². The van der Waals surface area contributed by atoms with Crippen LogP contribution in [0.4, 0.5) is 22.7 Å². The lowest BCUT2D eigenvalue weighted by atomic mass is 10.1. The predicted molar refractivity (Wildman–Crippen MR) is 164 cm³/mol. The van der Waals surface area contributed by atoms with Crippen molar-refractivity contribution in [3.63, 3.8) is 0 Å². The Labute approximate surface area is 270 Å². The first-order chi connectivity index (χ1) is 22.9. The highest BCUT2D eigenvalue weighted by atomic mass is 16.8. The Morgan fingerprint density at radius 1 is 0.625 bits per heavy atom. The number of esters is 2. The monoisotopic (exact) mass is 658 g/mol. The molecule has 48 heavy (non-hydrogen) atoms. The molecular formula is C32H26N4O12+2. The highest BCUT2D eigenvalue weighted by Crippen LogP contribution is 2.25. The average molecular weight is 659 g/mol. The molecule has 4 aromatic rings. The normalized spacial score (nSPS) is 10.4. The van der Waals surface area contributed by atoms with Crippen LogP contribution in [0.1, 0.15) is 61.2 Å². The zero-order valence-corrected chi connectivity index (χ0v) is 25.1. The van der Waals surface area contributed by atoms with E-state index in [9.17, 15) is 39.1 Å². The Morgan fingerprint density at radius 3 is 1.67 bits per heavy atom. The summed E-state index contributed by atoms with van der Waals surface area (Å²) in [5.41, 5.74) is 3.62. The Morgan fingerprint density at radius 2 is 1.10 bits per heavy atom. The summed E-state index contributed by atoms with van der Waals surface area (Å²) in [4.78, 5) is 94.5. The van der Waals surface area contributed by atoms with E-state index < -0.39 is 45.7 Å². The lowest BCUT2D eigenvalue weighted by Crippen LogP contribution is -2.15. The van der Waals surface area contributed by atoms with Crippen molar-refractivity contribution in [3.05, 3.63) is 133 Å². The first-order valence-electron chi connectivity index (χ1n) is 14.1. The molecule has 244 valence electrons. The third-order valence-electron chi connectivity index (χ3n) is 6.39. The Bertz CT molecular complexity index is 1890. The largest absolute Gasteiger partial charge is 0.494 e. The van der Waals surface area contributed by atoms with Gasteiger partial charge in [0.05, 0.1) is 49.7 Å². The van der Waals surface area contributed by atoms with Crippen molar-refractivity contribution in [3.8, 4) is 5.75 Å². The molecule has 0 atom stereocenters. The second-order valence-corrected chi connectivity index (χ2v) is 9.84. The number of nitro groups is 1. The number of nitro benzene ring substituents is 1. The highest BCUT2D eigenvalue weighted by molar-refractivity contribution is 6.03. The summed E-state index contributed by atoms with van der Waals surface area (Å²) in [6.07, 6.45) is 1.77. The van der Waals surface area contributed by atoms with Crippen LogP contribution in [0.25, 0.3) is 0 Å². The number of carbonyl (C=O) groups excluding carboxylic acids is 4. The van der Waals surface area contributed by atoms with Gasteiger partial charge in [0, 0.05) is 30.0 Å². The molecule has 0 spiro atoms. The molecule has 4 aromatic carbocycles. The molecule has 0 fully saturated rings. The lowest BCUT2D eigenvalue weighted by molar-refractivity contribution is -0.714. The van der Waals surface area contributed by atoms with Gasteiger partial charge in [-0.25, -0.2) is 19.2 Å². The number of anilines is 1. The van der Waals surface area contributed by atoms with Crippen LogP contribution in [-0.2, 0) is 14.4 Å². The molecule has 0 saturated heterocycles. The van der Waals surface area contributed by atoms with Gasteiger partial charge in [0.1, 0.15) is 5.75 Å². The summed E-state index contributed by atoms with van der Waals surface area (Å²) in [6, 6.07) is 18.0. The van der Waals surface area contributed by atoms with Gasteiger partial charge in [-0.1, -0.05) is 13.3 Å². The van der Waals surface area contributed by atoms with Crippen LogP contribution in [0, 0.1) is 19.9 Å². The first kappa shape index (κ1) is 34.0. The molecule has 4 rings (SSSR count). The minimum absolute atomic E-state index is 0.0117. The Balaban J connectivity index is 1.41. The average Bonchev–Trinajstić information content (AvgIpc) is 3.08. The summed E-state index contributed by atoms with van der Waals surface area (Å²) in [6.45, 7) is 2.49. The van der Waals surface area contributed by atoms with Crippen molar-refractivity contribution in [1.82, 2.24) is 0 Å². The zero-order chi connectivity index (χ0) is 34.8. The van der Waals surface area contributed by atoms with Crippen LogP contribution in [0.5, 0.6) is 5.75 Å². The molecule has 2 N–H and O–H groups in total. The molecule has 0 radical (unpaired) electrons. The molecule has 0 amide bonds. The summed E-state index contributed by atoms with van der Waals surface area (Å²) >= 11 is 0. The molecule has 0 aliphatic rings. The zero-order valence-electron chi connectivity index (χ0n) is 25.1. The molecule has 16 heteroatoms. The van der Waals surface area contributed by atoms with Crippen molar-refractivity contribution >= 4 is 46.6 Å². The number of ether oxygens (including phenoxy) is 2. The fourth-order valence-electron chi connectivity index (χ4n) is 3.85. The molecule has 0 aliphatic heterocycles. The maximum atomic E-state index is 12.7. The van der Waals surface area contributed by atoms with Crippen molar-refractivity contribution in [2.75, 3.05) is 12.3 Å². The van der Waals surface area contributed by atoms with Crippen molar-refractivity contribution < 1.29 is 53.1 Å². The van der Waals surface area contributed by atoms with E-state index in [2.05, 4.69) is 0 Å². The number of carbonyl (C=O) groups is 4. The molecule has 16 nitrogen and oxygen atoms in total. The topological polar surface area (TPSA) is 215 Å². The van der Waals surface area contributed by atoms with E-state index >= 15 is 0 Å². The van der Waals surface area contributed by atoms with Gasteiger partial charge in [0.2, 0.25) is 0 Å². The molecular weight excluding hydrogens is 632 g/mol. The van der Waals surface area contributed by atoms with Crippen molar-refractivity contribution in [2.24, 2.45) is 0 Å².